The minimum atomic E-state index is -0.238. The molecule has 0 aliphatic rings. The van der Waals surface area contributed by atoms with E-state index < -0.39 is 0 Å². The molecule has 3 aromatic rings. The predicted octanol–water partition coefficient (Wildman–Crippen LogP) is 4.71. The summed E-state index contributed by atoms with van der Waals surface area (Å²) in [6.07, 6.45) is 0. The summed E-state index contributed by atoms with van der Waals surface area (Å²) in [5.74, 6) is -0.238. The second-order valence-corrected chi connectivity index (χ2v) is 6.87. The van der Waals surface area contributed by atoms with E-state index in [1.807, 2.05) is 18.2 Å². The van der Waals surface area contributed by atoms with E-state index in [-0.39, 0.29) is 5.82 Å². The fraction of sp³-hybridized carbons (Fsp3) is 0.174. The molecular weight excluding hydrogens is 371 g/mol. The number of halogens is 1. The van der Waals surface area contributed by atoms with Crippen LogP contribution in [0.5, 0.6) is 0 Å². The van der Waals surface area contributed by atoms with Gasteiger partial charge in [0.2, 0.25) is 0 Å². The first-order valence-electron chi connectivity index (χ1n) is 9.15. The van der Waals surface area contributed by atoms with E-state index in [4.69, 9.17) is 17.0 Å². The first kappa shape index (κ1) is 20.0. The van der Waals surface area contributed by atoms with Crippen LogP contribution in [0, 0.1) is 5.82 Å². The van der Waals surface area contributed by atoms with E-state index in [1.54, 1.807) is 12.1 Å². The Morgan fingerprint density at radius 1 is 0.679 bits per heavy atom. The summed E-state index contributed by atoms with van der Waals surface area (Å²) in [6.45, 7) is 2.39. The maximum Gasteiger partial charge on any atom is 0.166 e. The molecule has 0 atom stereocenters. The molecule has 144 valence electrons. The maximum absolute atomic E-state index is 12.9. The fourth-order valence-corrected chi connectivity index (χ4v) is 2.79. The van der Waals surface area contributed by atoms with Crippen molar-refractivity contribution in [2.75, 3.05) is 0 Å². The molecule has 0 aliphatic heterocycles. The number of ether oxygens (including phenoxy) is 1. The highest BCUT2D eigenvalue weighted by molar-refractivity contribution is 7.80. The van der Waals surface area contributed by atoms with E-state index in [1.165, 1.54) is 17.7 Å². The van der Waals surface area contributed by atoms with Gasteiger partial charge in [-0.3, -0.25) is 0 Å². The molecule has 0 aliphatic carbocycles. The Hall–Kier alpha value is -2.76. The molecule has 0 aromatic heterocycles. The first-order chi connectivity index (χ1) is 13.7. The van der Waals surface area contributed by atoms with Gasteiger partial charge in [0, 0.05) is 13.1 Å². The molecule has 0 spiro atoms. The van der Waals surface area contributed by atoms with Gasteiger partial charge in [-0.05, 0) is 46.6 Å². The van der Waals surface area contributed by atoms with Crippen LogP contribution >= 0.6 is 12.2 Å². The Morgan fingerprint density at radius 2 is 1.14 bits per heavy atom. The zero-order chi connectivity index (χ0) is 19.6. The molecule has 3 rings (SSSR count). The number of rotatable bonds is 8. The number of thiocarbonyl (C=S) groups is 1. The van der Waals surface area contributed by atoms with Crippen LogP contribution in [0.3, 0.4) is 0 Å². The van der Waals surface area contributed by atoms with Crippen molar-refractivity contribution in [3.05, 3.63) is 107 Å². The van der Waals surface area contributed by atoms with Gasteiger partial charge in [0.1, 0.15) is 5.82 Å². The lowest BCUT2D eigenvalue weighted by Gasteiger charge is -2.11. The summed E-state index contributed by atoms with van der Waals surface area (Å²) >= 11 is 5.29. The predicted molar refractivity (Wildman–Crippen MR) is 114 cm³/mol. The number of hydrogen-bond acceptors (Lipinski definition) is 2. The Labute approximate surface area is 170 Å². The lowest BCUT2D eigenvalue weighted by atomic mass is 10.1. The molecule has 2 N–H and O–H groups in total. The normalized spacial score (nSPS) is 10.5. The lowest BCUT2D eigenvalue weighted by Crippen LogP contribution is -2.34. The van der Waals surface area contributed by atoms with Gasteiger partial charge in [-0.2, -0.15) is 0 Å². The fourth-order valence-electron chi connectivity index (χ4n) is 2.64. The van der Waals surface area contributed by atoms with Crippen molar-refractivity contribution in [3.63, 3.8) is 0 Å². The molecule has 0 bridgehead atoms. The smallest absolute Gasteiger partial charge is 0.166 e. The minimum Gasteiger partial charge on any atom is -0.372 e. The van der Waals surface area contributed by atoms with Crippen LogP contribution in [-0.4, -0.2) is 5.11 Å². The van der Waals surface area contributed by atoms with Crippen LogP contribution in [0.25, 0.3) is 0 Å². The van der Waals surface area contributed by atoms with Crippen molar-refractivity contribution >= 4 is 17.3 Å². The quantitative estimate of drug-likeness (QED) is 0.542. The molecular formula is C23H23FN2OS. The summed E-state index contributed by atoms with van der Waals surface area (Å²) in [7, 11) is 0. The molecule has 0 fully saturated rings. The van der Waals surface area contributed by atoms with E-state index >= 15 is 0 Å². The van der Waals surface area contributed by atoms with Gasteiger partial charge in [-0.25, -0.2) is 4.39 Å². The Kier molecular flexibility index (Phi) is 7.53. The molecule has 0 amide bonds. The molecule has 3 nitrogen and oxygen atoms in total. The molecule has 0 saturated carbocycles. The Bertz CT molecular complexity index is 867. The summed E-state index contributed by atoms with van der Waals surface area (Å²) < 4.78 is 18.7. The van der Waals surface area contributed by atoms with Gasteiger partial charge in [0.15, 0.2) is 5.11 Å². The highest BCUT2D eigenvalue weighted by atomic mass is 32.1. The van der Waals surface area contributed by atoms with Crippen molar-refractivity contribution in [1.82, 2.24) is 10.6 Å². The van der Waals surface area contributed by atoms with Crippen LogP contribution in [0.15, 0.2) is 78.9 Å². The van der Waals surface area contributed by atoms with Crippen LogP contribution in [0.2, 0.25) is 0 Å². The second kappa shape index (κ2) is 10.5. The average molecular weight is 395 g/mol. The maximum atomic E-state index is 12.9. The summed E-state index contributed by atoms with van der Waals surface area (Å²) in [5.41, 5.74) is 4.42. The van der Waals surface area contributed by atoms with Gasteiger partial charge in [-0.1, -0.05) is 66.7 Å². The Morgan fingerprint density at radius 3 is 1.71 bits per heavy atom. The molecule has 5 heteroatoms. The van der Waals surface area contributed by atoms with Gasteiger partial charge >= 0.3 is 0 Å². The topological polar surface area (TPSA) is 33.3 Å². The summed E-state index contributed by atoms with van der Waals surface area (Å²) in [4.78, 5) is 0. The van der Waals surface area contributed by atoms with Crippen LogP contribution < -0.4 is 10.6 Å². The third kappa shape index (κ3) is 6.76. The minimum absolute atomic E-state index is 0.238. The van der Waals surface area contributed by atoms with Gasteiger partial charge in [0.25, 0.3) is 0 Å². The average Bonchev–Trinajstić information content (AvgIpc) is 2.73. The second-order valence-electron chi connectivity index (χ2n) is 6.46. The third-order valence-corrected chi connectivity index (χ3v) is 4.51. The van der Waals surface area contributed by atoms with Crippen molar-refractivity contribution in [1.29, 1.82) is 0 Å². The van der Waals surface area contributed by atoms with Crippen LogP contribution in [-0.2, 0) is 31.0 Å². The summed E-state index contributed by atoms with van der Waals surface area (Å²) in [6, 6.07) is 24.8. The number of nitrogens with one attached hydrogen (secondary N) is 2. The zero-order valence-corrected chi connectivity index (χ0v) is 16.3. The van der Waals surface area contributed by atoms with Crippen molar-refractivity contribution in [3.8, 4) is 0 Å². The molecule has 3 aromatic carbocycles. The van der Waals surface area contributed by atoms with E-state index in [9.17, 15) is 4.39 Å². The number of benzene rings is 3. The van der Waals surface area contributed by atoms with Crippen molar-refractivity contribution < 1.29 is 9.13 Å². The molecule has 28 heavy (non-hydrogen) atoms. The third-order valence-electron chi connectivity index (χ3n) is 4.22. The van der Waals surface area contributed by atoms with Gasteiger partial charge in [-0.15, -0.1) is 0 Å². The molecule has 0 heterocycles. The highest BCUT2D eigenvalue weighted by Crippen LogP contribution is 2.08. The highest BCUT2D eigenvalue weighted by Gasteiger charge is 2.00. The molecule has 0 radical (unpaired) electrons. The standard InChI is InChI=1S/C23H23FN2OS/c24-22-12-10-19(11-13-22)15-26-23(28)25-14-18-6-8-21(9-7-18)17-27-16-20-4-2-1-3-5-20/h1-13H,14-17H2,(H2,25,26,28). The van der Waals surface area contributed by atoms with E-state index in [2.05, 4.69) is 47.0 Å². The van der Waals surface area contributed by atoms with E-state index in [0.29, 0.717) is 31.4 Å². The van der Waals surface area contributed by atoms with Gasteiger partial charge < -0.3 is 15.4 Å². The largest absolute Gasteiger partial charge is 0.372 e. The van der Waals surface area contributed by atoms with Crippen LogP contribution in [0.4, 0.5) is 4.39 Å². The Balaban J connectivity index is 1.36. The van der Waals surface area contributed by atoms with Crippen molar-refractivity contribution in [2.24, 2.45) is 0 Å². The first-order valence-corrected chi connectivity index (χ1v) is 9.55. The van der Waals surface area contributed by atoms with E-state index in [0.717, 1.165) is 16.7 Å². The summed E-state index contributed by atoms with van der Waals surface area (Å²) in [5, 5.41) is 6.87. The lowest BCUT2D eigenvalue weighted by molar-refractivity contribution is 0.107. The molecule has 0 unspecified atom stereocenters. The SMILES string of the molecule is Fc1ccc(CNC(=S)NCc2ccc(COCc3ccccc3)cc2)cc1. The molecule has 0 saturated heterocycles. The number of hydrogen-bond donors (Lipinski definition) is 2. The van der Waals surface area contributed by atoms with Crippen molar-refractivity contribution in [2.45, 2.75) is 26.3 Å². The van der Waals surface area contributed by atoms with Crippen LogP contribution in [0.1, 0.15) is 22.3 Å². The monoisotopic (exact) mass is 394 g/mol. The van der Waals surface area contributed by atoms with Gasteiger partial charge in [0.05, 0.1) is 13.2 Å². The zero-order valence-electron chi connectivity index (χ0n) is 15.5.